The third-order valence-electron chi connectivity index (χ3n) is 2.69. The van der Waals surface area contributed by atoms with Crippen molar-refractivity contribution < 1.29 is 0 Å². The fourth-order valence-corrected chi connectivity index (χ4v) is 1.94. The van der Waals surface area contributed by atoms with Gasteiger partial charge in [-0.05, 0) is 22.4 Å². The average Bonchev–Trinajstić information content (AvgIpc) is 2.39. The molecule has 0 aliphatic carbocycles. The van der Waals surface area contributed by atoms with Crippen molar-refractivity contribution in [3.63, 3.8) is 0 Å². The van der Waals surface area contributed by atoms with Gasteiger partial charge < -0.3 is 0 Å². The highest BCUT2D eigenvalue weighted by Gasteiger charge is 2.02. The van der Waals surface area contributed by atoms with E-state index in [1.54, 1.807) is 6.20 Å². The van der Waals surface area contributed by atoms with E-state index in [-0.39, 0.29) is 0 Å². The van der Waals surface area contributed by atoms with Gasteiger partial charge in [-0.15, -0.1) is 0 Å². The summed E-state index contributed by atoms with van der Waals surface area (Å²) >= 11 is 0. The van der Waals surface area contributed by atoms with Gasteiger partial charge in [-0.25, -0.2) is 0 Å². The third-order valence-corrected chi connectivity index (χ3v) is 2.69. The van der Waals surface area contributed by atoms with Crippen molar-refractivity contribution in [1.29, 1.82) is 0 Å². The summed E-state index contributed by atoms with van der Waals surface area (Å²) < 4.78 is 0. The number of pyridine rings is 1. The van der Waals surface area contributed by atoms with Crippen molar-refractivity contribution in [1.82, 2.24) is 4.98 Å². The molecule has 3 aromatic rings. The zero-order chi connectivity index (χ0) is 10.8. The minimum absolute atomic E-state index is 1.04. The molecule has 0 fully saturated rings. The number of benzene rings is 2. The van der Waals surface area contributed by atoms with Crippen LogP contribution in [0.15, 0.2) is 60.8 Å². The largest absolute Gasteiger partial charge is 0.254 e. The lowest BCUT2D eigenvalue weighted by atomic mass is 10.00. The summed E-state index contributed by atoms with van der Waals surface area (Å²) in [4.78, 5) is 4.04. The molecule has 3 rings (SSSR count). The molecule has 75 valence electrons. The molecule has 1 aromatic heterocycles. The van der Waals surface area contributed by atoms with Crippen molar-refractivity contribution in [3.8, 4) is 11.1 Å². The highest BCUT2D eigenvalue weighted by atomic mass is 14.6. The van der Waals surface area contributed by atoms with Crippen molar-refractivity contribution in [2.75, 3.05) is 0 Å². The topological polar surface area (TPSA) is 12.9 Å². The lowest BCUT2D eigenvalue weighted by Crippen LogP contribution is -1.82. The lowest BCUT2D eigenvalue weighted by Gasteiger charge is -2.05. The van der Waals surface area contributed by atoms with Crippen molar-refractivity contribution in [2.24, 2.45) is 0 Å². The molecular weight excluding hydrogens is 194 g/mol. The van der Waals surface area contributed by atoms with Gasteiger partial charge in [0.15, 0.2) is 0 Å². The van der Waals surface area contributed by atoms with Crippen LogP contribution >= 0.6 is 0 Å². The Morgan fingerprint density at radius 2 is 1.69 bits per heavy atom. The second-order valence-electron chi connectivity index (χ2n) is 3.69. The fourth-order valence-electron chi connectivity index (χ4n) is 1.94. The molecule has 0 unspecified atom stereocenters. The summed E-state index contributed by atoms with van der Waals surface area (Å²) in [5, 5.41) is 2.49. The summed E-state index contributed by atoms with van der Waals surface area (Å²) in [6, 6.07) is 18.6. The van der Waals surface area contributed by atoms with Crippen LogP contribution < -0.4 is 0 Å². The molecule has 2 aromatic carbocycles. The Morgan fingerprint density at radius 1 is 0.812 bits per heavy atom. The van der Waals surface area contributed by atoms with Crippen molar-refractivity contribution in [3.05, 3.63) is 67.0 Å². The number of hydrogen-bond acceptors (Lipinski definition) is 1. The first-order chi connectivity index (χ1) is 7.95. The average molecular weight is 204 g/mol. The van der Waals surface area contributed by atoms with Gasteiger partial charge in [-0.1, -0.05) is 48.5 Å². The molecule has 16 heavy (non-hydrogen) atoms. The van der Waals surface area contributed by atoms with Gasteiger partial charge in [-0.3, -0.25) is 4.98 Å². The van der Waals surface area contributed by atoms with Crippen LogP contribution in [0.4, 0.5) is 0 Å². The van der Waals surface area contributed by atoms with Gasteiger partial charge in [0.25, 0.3) is 0 Å². The van der Waals surface area contributed by atoms with E-state index in [2.05, 4.69) is 53.6 Å². The van der Waals surface area contributed by atoms with Crippen LogP contribution in [0.2, 0.25) is 0 Å². The molecule has 1 nitrogen and oxygen atoms in total. The summed E-state index contributed by atoms with van der Waals surface area (Å²) in [5.74, 6) is 0. The molecule has 0 saturated carbocycles. The summed E-state index contributed by atoms with van der Waals surface area (Å²) in [5.41, 5.74) is 2.23. The zero-order valence-electron chi connectivity index (χ0n) is 8.72. The Balaban J connectivity index is 2.32. The summed E-state index contributed by atoms with van der Waals surface area (Å²) in [6.45, 7) is 0. The maximum Gasteiger partial charge on any atom is 0.0970 e. The molecular formula is C15H10N. The Kier molecular flexibility index (Phi) is 2.15. The second kappa shape index (κ2) is 3.78. The van der Waals surface area contributed by atoms with Crippen LogP contribution in [-0.2, 0) is 0 Å². The standard InChI is InChI=1S/C15H10N/c1-2-8-14-12(5-1)6-3-9-15(14)13-7-4-10-16-11-13/h1-10H. The first kappa shape index (κ1) is 9.10. The van der Waals surface area contributed by atoms with Gasteiger partial charge >= 0.3 is 0 Å². The zero-order valence-corrected chi connectivity index (χ0v) is 8.72. The van der Waals surface area contributed by atoms with E-state index >= 15 is 0 Å². The number of nitrogens with zero attached hydrogens (tertiary/aromatic N) is 1. The molecule has 0 bridgehead atoms. The van der Waals surface area contributed by atoms with Crippen LogP contribution in [0, 0.1) is 6.20 Å². The normalized spacial score (nSPS) is 10.5. The molecule has 0 amide bonds. The van der Waals surface area contributed by atoms with Gasteiger partial charge in [-0.2, -0.15) is 0 Å². The molecule has 0 aliphatic rings. The van der Waals surface area contributed by atoms with E-state index in [1.807, 2.05) is 12.1 Å². The van der Waals surface area contributed by atoms with E-state index in [0.717, 1.165) is 5.56 Å². The van der Waals surface area contributed by atoms with Gasteiger partial charge in [0.1, 0.15) is 0 Å². The molecule has 1 heteroatoms. The minimum Gasteiger partial charge on any atom is -0.254 e. The van der Waals surface area contributed by atoms with Crippen LogP contribution in [-0.4, -0.2) is 4.98 Å². The second-order valence-corrected chi connectivity index (χ2v) is 3.69. The molecule has 0 saturated heterocycles. The van der Waals surface area contributed by atoms with E-state index in [9.17, 15) is 0 Å². The Morgan fingerprint density at radius 3 is 2.56 bits per heavy atom. The Hall–Kier alpha value is -2.15. The highest BCUT2D eigenvalue weighted by molar-refractivity contribution is 5.96. The SMILES string of the molecule is [c]1ncccc1-c1cccc2ccccc12. The van der Waals surface area contributed by atoms with Gasteiger partial charge in [0, 0.05) is 11.8 Å². The fraction of sp³-hybridized carbons (Fsp3) is 0. The van der Waals surface area contributed by atoms with Gasteiger partial charge in [0.2, 0.25) is 0 Å². The van der Waals surface area contributed by atoms with E-state index in [0.29, 0.717) is 0 Å². The van der Waals surface area contributed by atoms with Crippen LogP contribution in [0.1, 0.15) is 0 Å². The number of rotatable bonds is 1. The highest BCUT2D eigenvalue weighted by Crippen LogP contribution is 2.27. The maximum atomic E-state index is 4.04. The predicted octanol–water partition coefficient (Wildman–Crippen LogP) is 3.70. The predicted molar refractivity (Wildman–Crippen MR) is 66.0 cm³/mol. The molecule has 0 aliphatic heterocycles. The van der Waals surface area contributed by atoms with Crippen LogP contribution in [0.3, 0.4) is 0 Å². The smallest absolute Gasteiger partial charge is 0.0970 e. The Bertz CT molecular complexity index is 609. The molecule has 0 N–H and O–H groups in total. The van der Waals surface area contributed by atoms with E-state index in [1.165, 1.54) is 16.3 Å². The van der Waals surface area contributed by atoms with Crippen LogP contribution in [0.25, 0.3) is 21.9 Å². The molecule has 0 atom stereocenters. The van der Waals surface area contributed by atoms with E-state index in [4.69, 9.17) is 0 Å². The first-order valence-corrected chi connectivity index (χ1v) is 5.26. The number of aromatic nitrogens is 1. The molecule has 0 spiro atoms. The van der Waals surface area contributed by atoms with Crippen molar-refractivity contribution in [2.45, 2.75) is 0 Å². The number of hydrogen-bond donors (Lipinski definition) is 0. The monoisotopic (exact) mass is 204 g/mol. The molecule has 1 radical (unpaired) electrons. The summed E-state index contributed by atoms with van der Waals surface area (Å²) in [7, 11) is 0. The lowest BCUT2D eigenvalue weighted by molar-refractivity contribution is 1.31. The third kappa shape index (κ3) is 1.47. The maximum absolute atomic E-state index is 4.04. The minimum atomic E-state index is 1.04. The van der Waals surface area contributed by atoms with E-state index < -0.39 is 0 Å². The molecule has 1 heterocycles. The number of fused-ring (bicyclic) bond motifs is 1. The van der Waals surface area contributed by atoms with Crippen LogP contribution in [0.5, 0.6) is 0 Å². The quantitative estimate of drug-likeness (QED) is 0.589. The first-order valence-electron chi connectivity index (χ1n) is 5.26. The Labute approximate surface area is 94.4 Å². The van der Waals surface area contributed by atoms with Crippen molar-refractivity contribution >= 4 is 10.8 Å². The summed E-state index contributed by atoms with van der Waals surface area (Å²) in [6.07, 6.45) is 4.77. The van der Waals surface area contributed by atoms with Gasteiger partial charge in [0.05, 0.1) is 6.20 Å².